The van der Waals surface area contributed by atoms with Crippen molar-refractivity contribution >= 4 is 52.6 Å². The van der Waals surface area contributed by atoms with Crippen LogP contribution in [0.3, 0.4) is 0 Å². The highest BCUT2D eigenvalue weighted by molar-refractivity contribution is 6.36. The first-order valence-electron chi connectivity index (χ1n) is 8.59. The number of carbonyl (C=O) groups is 4. The fourth-order valence-electron chi connectivity index (χ4n) is 2.31. The van der Waals surface area contributed by atoms with Crippen LogP contribution in [0.2, 0.25) is 10.0 Å². The number of rotatable bonds is 7. The van der Waals surface area contributed by atoms with Crippen LogP contribution in [0.15, 0.2) is 36.4 Å². The molecule has 0 aliphatic heterocycles. The predicted molar refractivity (Wildman–Crippen MR) is 111 cm³/mol. The molecule has 158 valence electrons. The van der Waals surface area contributed by atoms with Crippen molar-refractivity contribution in [3.63, 3.8) is 0 Å². The van der Waals surface area contributed by atoms with E-state index in [1.165, 1.54) is 31.4 Å². The number of benzene rings is 2. The molecule has 0 spiro atoms. The lowest BCUT2D eigenvalue weighted by molar-refractivity contribution is -0.146. The van der Waals surface area contributed by atoms with Crippen LogP contribution < -0.4 is 10.6 Å². The van der Waals surface area contributed by atoms with E-state index in [4.69, 9.17) is 27.9 Å². The highest BCUT2D eigenvalue weighted by Crippen LogP contribution is 2.21. The van der Waals surface area contributed by atoms with E-state index in [2.05, 4.69) is 15.4 Å². The second-order valence-electron chi connectivity index (χ2n) is 6.04. The van der Waals surface area contributed by atoms with Gasteiger partial charge in [0.25, 0.3) is 11.8 Å². The molecule has 0 aromatic heterocycles. The molecular formula is C20H18Cl2N2O6. The quantitative estimate of drug-likeness (QED) is 0.624. The number of anilines is 1. The molecule has 0 bridgehead atoms. The van der Waals surface area contributed by atoms with E-state index >= 15 is 0 Å². The van der Waals surface area contributed by atoms with E-state index < -0.39 is 36.9 Å². The zero-order chi connectivity index (χ0) is 22.3. The number of nitrogens with one attached hydrogen (secondary N) is 2. The summed E-state index contributed by atoms with van der Waals surface area (Å²) in [7, 11) is 1.25. The first kappa shape index (κ1) is 23.2. The Bertz CT molecular complexity index is 993. The average Bonchev–Trinajstić information content (AvgIpc) is 2.71. The highest BCUT2D eigenvalue weighted by Gasteiger charge is 2.15. The van der Waals surface area contributed by atoms with Crippen molar-refractivity contribution in [2.24, 2.45) is 0 Å². The van der Waals surface area contributed by atoms with Crippen LogP contribution >= 0.6 is 23.2 Å². The minimum atomic E-state index is -0.816. The van der Waals surface area contributed by atoms with Crippen molar-refractivity contribution in [2.45, 2.75) is 6.92 Å². The first-order chi connectivity index (χ1) is 14.2. The molecule has 0 saturated heterocycles. The molecule has 2 N–H and O–H groups in total. The van der Waals surface area contributed by atoms with Crippen LogP contribution in [0.5, 0.6) is 0 Å². The summed E-state index contributed by atoms with van der Waals surface area (Å²) in [4.78, 5) is 47.5. The summed E-state index contributed by atoms with van der Waals surface area (Å²) in [5.74, 6) is -2.56. The molecule has 30 heavy (non-hydrogen) atoms. The maximum Gasteiger partial charge on any atom is 0.337 e. The average molecular weight is 453 g/mol. The molecule has 2 amide bonds. The number of carbonyl (C=O) groups excluding carboxylic acids is 4. The number of amides is 2. The molecule has 10 heteroatoms. The topological polar surface area (TPSA) is 111 Å². The third-order valence-corrected chi connectivity index (χ3v) is 4.41. The van der Waals surface area contributed by atoms with Crippen LogP contribution in [-0.4, -0.2) is 44.0 Å². The number of methoxy groups -OCH3 is 1. The van der Waals surface area contributed by atoms with Crippen LogP contribution in [0.25, 0.3) is 0 Å². The Hall–Kier alpha value is -3.10. The molecule has 2 aromatic rings. The molecule has 0 fully saturated rings. The van der Waals surface area contributed by atoms with Gasteiger partial charge in [-0.05, 0) is 42.8 Å². The van der Waals surface area contributed by atoms with Crippen molar-refractivity contribution < 1.29 is 28.7 Å². The monoisotopic (exact) mass is 452 g/mol. The molecular weight excluding hydrogens is 435 g/mol. The van der Waals surface area contributed by atoms with Gasteiger partial charge in [0, 0.05) is 10.7 Å². The van der Waals surface area contributed by atoms with Gasteiger partial charge in [-0.25, -0.2) is 4.79 Å². The number of esters is 2. The third kappa shape index (κ3) is 6.47. The summed E-state index contributed by atoms with van der Waals surface area (Å²) in [5.41, 5.74) is 1.49. The molecule has 2 rings (SSSR count). The van der Waals surface area contributed by atoms with Gasteiger partial charge in [0.1, 0.15) is 6.54 Å². The van der Waals surface area contributed by atoms with Crippen molar-refractivity contribution in [1.82, 2.24) is 5.32 Å². The summed E-state index contributed by atoms with van der Waals surface area (Å²) < 4.78 is 9.48. The van der Waals surface area contributed by atoms with Crippen LogP contribution in [0, 0.1) is 6.92 Å². The van der Waals surface area contributed by atoms with E-state index in [9.17, 15) is 19.2 Å². The van der Waals surface area contributed by atoms with Crippen molar-refractivity contribution in [1.29, 1.82) is 0 Å². The van der Waals surface area contributed by atoms with Crippen LogP contribution in [0.1, 0.15) is 26.3 Å². The Morgan fingerprint density at radius 2 is 1.77 bits per heavy atom. The van der Waals surface area contributed by atoms with Crippen molar-refractivity contribution in [3.8, 4) is 0 Å². The van der Waals surface area contributed by atoms with Crippen molar-refractivity contribution in [3.05, 3.63) is 63.1 Å². The SMILES string of the molecule is COC(=O)c1ccc(C)c(NC(=O)COC(=O)CNC(=O)c2ccc(Cl)cc2Cl)c1. The Morgan fingerprint density at radius 1 is 1.03 bits per heavy atom. The molecule has 0 aliphatic rings. The number of ether oxygens (including phenoxy) is 2. The molecule has 0 unspecified atom stereocenters. The fourth-order valence-corrected chi connectivity index (χ4v) is 2.80. The lowest BCUT2D eigenvalue weighted by Gasteiger charge is -2.11. The van der Waals surface area contributed by atoms with E-state index in [1.54, 1.807) is 19.1 Å². The van der Waals surface area contributed by atoms with Crippen LogP contribution in [0.4, 0.5) is 5.69 Å². The second-order valence-corrected chi connectivity index (χ2v) is 6.88. The molecule has 0 heterocycles. The molecule has 0 saturated carbocycles. The smallest absolute Gasteiger partial charge is 0.337 e. The second kappa shape index (κ2) is 10.6. The highest BCUT2D eigenvalue weighted by atomic mass is 35.5. The minimum absolute atomic E-state index is 0.136. The van der Waals surface area contributed by atoms with Gasteiger partial charge >= 0.3 is 11.9 Å². The summed E-state index contributed by atoms with van der Waals surface area (Å²) in [6.07, 6.45) is 0. The molecule has 0 atom stereocenters. The molecule has 0 aliphatic carbocycles. The van der Waals surface area contributed by atoms with Gasteiger partial charge in [-0.15, -0.1) is 0 Å². The Kier molecular flexibility index (Phi) is 8.20. The molecule has 0 radical (unpaired) electrons. The Morgan fingerprint density at radius 3 is 2.43 bits per heavy atom. The maximum absolute atomic E-state index is 12.0. The zero-order valence-corrected chi connectivity index (χ0v) is 17.6. The zero-order valence-electron chi connectivity index (χ0n) is 16.1. The summed E-state index contributed by atoms with van der Waals surface area (Å²) >= 11 is 11.7. The normalized spacial score (nSPS) is 10.1. The van der Waals surface area contributed by atoms with E-state index in [1.807, 2.05) is 0 Å². The number of hydrogen-bond donors (Lipinski definition) is 2. The van der Waals surface area contributed by atoms with Crippen LogP contribution in [-0.2, 0) is 19.1 Å². The Labute approximate surface area is 182 Å². The van der Waals surface area contributed by atoms with E-state index in [-0.39, 0.29) is 16.1 Å². The van der Waals surface area contributed by atoms with E-state index in [0.717, 1.165) is 0 Å². The van der Waals surface area contributed by atoms with Gasteiger partial charge in [0.15, 0.2) is 6.61 Å². The lowest BCUT2D eigenvalue weighted by Crippen LogP contribution is -2.32. The number of halogens is 2. The van der Waals surface area contributed by atoms with Crippen molar-refractivity contribution in [2.75, 3.05) is 25.6 Å². The number of aryl methyl sites for hydroxylation is 1. The third-order valence-electron chi connectivity index (χ3n) is 3.87. The standard InChI is InChI=1S/C20H18Cl2N2O6/c1-11-3-4-12(20(28)29-2)7-16(11)24-17(25)10-30-18(26)9-23-19(27)14-6-5-13(21)8-15(14)22/h3-8H,9-10H2,1-2H3,(H,23,27)(H,24,25). The molecule has 8 nitrogen and oxygen atoms in total. The van der Waals surface area contributed by atoms with Gasteiger partial charge in [-0.2, -0.15) is 0 Å². The summed E-state index contributed by atoms with van der Waals surface area (Å²) in [6, 6.07) is 8.97. The van der Waals surface area contributed by atoms with Gasteiger partial charge in [0.05, 0.1) is 23.3 Å². The first-order valence-corrected chi connectivity index (χ1v) is 9.34. The minimum Gasteiger partial charge on any atom is -0.465 e. The lowest BCUT2D eigenvalue weighted by atomic mass is 10.1. The van der Waals surface area contributed by atoms with Gasteiger partial charge in [-0.1, -0.05) is 29.3 Å². The predicted octanol–water partition coefficient (Wildman–Crippen LogP) is 3.00. The van der Waals surface area contributed by atoms with E-state index in [0.29, 0.717) is 16.3 Å². The summed E-state index contributed by atoms with van der Waals surface area (Å²) in [5, 5.41) is 5.40. The largest absolute Gasteiger partial charge is 0.465 e. The Balaban J connectivity index is 1.84. The van der Waals surface area contributed by atoms with Gasteiger partial charge in [-0.3, -0.25) is 14.4 Å². The van der Waals surface area contributed by atoms with Gasteiger partial charge in [0.2, 0.25) is 0 Å². The maximum atomic E-state index is 12.0. The fraction of sp³-hybridized carbons (Fsp3) is 0.200. The summed E-state index contributed by atoms with van der Waals surface area (Å²) in [6.45, 7) is 0.709. The van der Waals surface area contributed by atoms with Gasteiger partial charge < -0.3 is 20.1 Å². The number of hydrogen-bond acceptors (Lipinski definition) is 6. The molecule has 2 aromatic carbocycles.